The van der Waals surface area contributed by atoms with Crippen molar-refractivity contribution < 1.29 is 19.8 Å². The van der Waals surface area contributed by atoms with Crippen molar-refractivity contribution in [2.75, 3.05) is 6.61 Å². The van der Waals surface area contributed by atoms with E-state index in [1.165, 1.54) is 0 Å². The van der Waals surface area contributed by atoms with E-state index in [0.717, 1.165) is 38.5 Å². The largest absolute Gasteiger partial charge is 0.480 e. The first-order valence-corrected chi connectivity index (χ1v) is 5.79. The molecule has 0 aromatic carbocycles. The molecule has 3 N–H and O–H groups in total. The summed E-state index contributed by atoms with van der Waals surface area (Å²) in [5.74, 6) is -1.51. The summed E-state index contributed by atoms with van der Waals surface area (Å²) in [5.41, 5.74) is 0. The van der Waals surface area contributed by atoms with E-state index in [1.54, 1.807) is 0 Å². The molecule has 16 heavy (non-hydrogen) atoms. The van der Waals surface area contributed by atoms with Crippen molar-refractivity contribution in [1.29, 1.82) is 0 Å². The van der Waals surface area contributed by atoms with Crippen LogP contribution < -0.4 is 5.32 Å². The van der Waals surface area contributed by atoms with Crippen LogP contribution in [0.4, 0.5) is 0 Å². The molecule has 1 saturated carbocycles. The molecule has 0 spiro atoms. The summed E-state index contributed by atoms with van der Waals surface area (Å²) in [6.45, 7) is -0.562. The van der Waals surface area contributed by atoms with Crippen molar-refractivity contribution >= 4 is 11.9 Å². The predicted octanol–water partition coefficient (Wildman–Crippen LogP) is 0.518. The Morgan fingerprint density at radius 1 is 1.19 bits per heavy atom. The molecule has 0 heterocycles. The fraction of sp³-hybridized carbons (Fsp3) is 0.818. The summed E-state index contributed by atoms with van der Waals surface area (Å²) in [4.78, 5) is 22.4. The van der Waals surface area contributed by atoms with E-state index >= 15 is 0 Å². The van der Waals surface area contributed by atoms with Crippen LogP contribution in [0.2, 0.25) is 0 Å². The lowest BCUT2D eigenvalue weighted by Gasteiger charge is -2.17. The molecule has 92 valence electrons. The number of aliphatic hydroxyl groups excluding tert-OH is 1. The third kappa shape index (κ3) is 3.81. The number of carboxylic acids is 1. The van der Waals surface area contributed by atoms with Gasteiger partial charge in [0, 0.05) is 5.92 Å². The number of amides is 1. The lowest BCUT2D eigenvalue weighted by molar-refractivity contribution is -0.143. The minimum Gasteiger partial charge on any atom is -0.480 e. The molecule has 0 aromatic rings. The topological polar surface area (TPSA) is 86.6 Å². The molecular formula is C11H19NO4. The van der Waals surface area contributed by atoms with Crippen LogP contribution in [0, 0.1) is 5.92 Å². The molecule has 1 atom stereocenters. The van der Waals surface area contributed by atoms with Gasteiger partial charge in [-0.3, -0.25) is 4.79 Å². The van der Waals surface area contributed by atoms with Gasteiger partial charge in [0.1, 0.15) is 6.04 Å². The van der Waals surface area contributed by atoms with Gasteiger partial charge in [-0.1, -0.05) is 25.7 Å². The average molecular weight is 229 g/mol. The zero-order chi connectivity index (χ0) is 12.0. The van der Waals surface area contributed by atoms with Crippen molar-refractivity contribution in [1.82, 2.24) is 5.32 Å². The number of rotatable bonds is 4. The monoisotopic (exact) mass is 229 g/mol. The summed E-state index contributed by atoms with van der Waals surface area (Å²) in [5, 5.41) is 19.9. The van der Waals surface area contributed by atoms with E-state index in [1.807, 2.05) is 0 Å². The van der Waals surface area contributed by atoms with Gasteiger partial charge in [0.15, 0.2) is 0 Å². The number of carbonyl (C=O) groups excluding carboxylic acids is 1. The minimum absolute atomic E-state index is 0.0871. The highest BCUT2D eigenvalue weighted by Crippen LogP contribution is 2.22. The maximum Gasteiger partial charge on any atom is 0.328 e. The highest BCUT2D eigenvalue weighted by molar-refractivity contribution is 5.85. The number of hydrogen-bond acceptors (Lipinski definition) is 3. The second-order valence-corrected chi connectivity index (χ2v) is 4.27. The molecule has 0 saturated heterocycles. The fourth-order valence-corrected chi connectivity index (χ4v) is 2.02. The Kier molecular flexibility index (Phi) is 5.25. The molecule has 0 unspecified atom stereocenters. The van der Waals surface area contributed by atoms with Gasteiger partial charge in [0.2, 0.25) is 5.91 Å². The predicted molar refractivity (Wildman–Crippen MR) is 57.8 cm³/mol. The molecule has 0 aromatic heterocycles. The summed E-state index contributed by atoms with van der Waals surface area (Å²) in [7, 11) is 0. The van der Waals surface area contributed by atoms with Gasteiger partial charge in [-0.15, -0.1) is 0 Å². The summed E-state index contributed by atoms with van der Waals surface area (Å²) < 4.78 is 0. The van der Waals surface area contributed by atoms with Crippen molar-refractivity contribution in [3.05, 3.63) is 0 Å². The standard InChI is InChI=1S/C11H19NO4/c13-7-9(11(15)16)12-10(14)8-5-3-1-2-4-6-8/h8-9,13H,1-7H2,(H,12,14)(H,15,16)/t9-/m1/s1. The third-order valence-corrected chi connectivity index (χ3v) is 3.02. The molecule has 0 radical (unpaired) electrons. The zero-order valence-electron chi connectivity index (χ0n) is 9.32. The Labute approximate surface area is 94.8 Å². The minimum atomic E-state index is -1.19. The Bertz CT molecular complexity index is 246. The number of carboxylic acid groups (broad SMARTS) is 1. The second-order valence-electron chi connectivity index (χ2n) is 4.27. The van der Waals surface area contributed by atoms with Crippen LogP contribution in [0.5, 0.6) is 0 Å². The molecule has 1 amide bonds. The molecule has 1 rings (SSSR count). The van der Waals surface area contributed by atoms with Crippen LogP contribution in [0.3, 0.4) is 0 Å². The maximum atomic E-state index is 11.7. The number of aliphatic carboxylic acids is 1. The van der Waals surface area contributed by atoms with Crippen molar-refractivity contribution in [2.24, 2.45) is 5.92 Å². The quantitative estimate of drug-likeness (QED) is 0.613. The first-order valence-electron chi connectivity index (χ1n) is 5.79. The van der Waals surface area contributed by atoms with Crippen molar-refractivity contribution in [2.45, 2.75) is 44.6 Å². The van der Waals surface area contributed by atoms with Gasteiger partial charge in [0.05, 0.1) is 6.61 Å². The van der Waals surface area contributed by atoms with E-state index in [2.05, 4.69) is 5.32 Å². The third-order valence-electron chi connectivity index (χ3n) is 3.02. The molecule has 1 aliphatic rings. The maximum absolute atomic E-state index is 11.7. The van der Waals surface area contributed by atoms with Gasteiger partial charge in [0.25, 0.3) is 0 Å². The van der Waals surface area contributed by atoms with Crippen LogP contribution in [0.25, 0.3) is 0 Å². The second kappa shape index (κ2) is 6.48. The summed E-state index contributed by atoms with van der Waals surface area (Å²) in [6, 6.07) is -1.17. The Morgan fingerprint density at radius 2 is 1.75 bits per heavy atom. The van der Waals surface area contributed by atoms with Gasteiger partial charge < -0.3 is 15.5 Å². The Morgan fingerprint density at radius 3 is 2.19 bits per heavy atom. The fourth-order valence-electron chi connectivity index (χ4n) is 2.02. The van der Waals surface area contributed by atoms with Gasteiger partial charge in [-0.05, 0) is 12.8 Å². The van der Waals surface area contributed by atoms with Gasteiger partial charge in [-0.25, -0.2) is 4.79 Å². The molecule has 1 aliphatic carbocycles. The summed E-state index contributed by atoms with van der Waals surface area (Å²) >= 11 is 0. The van der Waals surface area contributed by atoms with Crippen molar-refractivity contribution in [3.8, 4) is 0 Å². The number of aliphatic hydroxyl groups is 1. The van der Waals surface area contributed by atoms with E-state index < -0.39 is 18.6 Å². The Hall–Kier alpha value is -1.10. The van der Waals surface area contributed by atoms with Crippen LogP contribution >= 0.6 is 0 Å². The average Bonchev–Trinajstić information content (AvgIpc) is 2.53. The molecule has 0 bridgehead atoms. The van der Waals surface area contributed by atoms with E-state index in [4.69, 9.17) is 10.2 Å². The molecule has 5 heteroatoms. The molecule has 1 fully saturated rings. The SMILES string of the molecule is O=C(N[C@H](CO)C(=O)O)C1CCCCCC1. The smallest absolute Gasteiger partial charge is 0.328 e. The highest BCUT2D eigenvalue weighted by Gasteiger charge is 2.25. The van der Waals surface area contributed by atoms with E-state index in [0.29, 0.717) is 0 Å². The van der Waals surface area contributed by atoms with Crippen LogP contribution in [-0.4, -0.2) is 34.7 Å². The van der Waals surface area contributed by atoms with E-state index in [-0.39, 0.29) is 11.8 Å². The zero-order valence-corrected chi connectivity index (χ0v) is 9.32. The molecular weight excluding hydrogens is 210 g/mol. The van der Waals surface area contributed by atoms with Crippen LogP contribution in [0.1, 0.15) is 38.5 Å². The first-order chi connectivity index (χ1) is 7.65. The number of nitrogens with one attached hydrogen (secondary N) is 1. The number of hydrogen-bond donors (Lipinski definition) is 3. The lowest BCUT2D eigenvalue weighted by Crippen LogP contribution is -2.45. The number of carbonyl (C=O) groups is 2. The van der Waals surface area contributed by atoms with Gasteiger partial charge in [-0.2, -0.15) is 0 Å². The highest BCUT2D eigenvalue weighted by atomic mass is 16.4. The molecule has 0 aliphatic heterocycles. The normalized spacial score (nSPS) is 19.8. The van der Waals surface area contributed by atoms with Crippen LogP contribution in [0.15, 0.2) is 0 Å². The first kappa shape index (κ1) is 13.0. The van der Waals surface area contributed by atoms with E-state index in [9.17, 15) is 9.59 Å². The summed E-state index contributed by atoms with van der Waals surface area (Å²) in [6.07, 6.45) is 5.98. The molecule has 5 nitrogen and oxygen atoms in total. The lowest BCUT2D eigenvalue weighted by atomic mass is 9.99. The van der Waals surface area contributed by atoms with Gasteiger partial charge >= 0.3 is 5.97 Å². The van der Waals surface area contributed by atoms with Crippen LogP contribution in [-0.2, 0) is 9.59 Å². The Balaban J connectivity index is 2.46. The van der Waals surface area contributed by atoms with Crippen molar-refractivity contribution in [3.63, 3.8) is 0 Å².